The minimum Gasteiger partial charge on any atom is -0.370 e. The van der Waals surface area contributed by atoms with Crippen molar-refractivity contribution in [1.29, 1.82) is 0 Å². The molecule has 0 unspecified atom stereocenters. The summed E-state index contributed by atoms with van der Waals surface area (Å²) in [5, 5.41) is 4.45. The summed E-state index contributed by atoms with van der Waals surface area (Å²) in [6.45, 7) is 2.64. The highest BCUT2D eigenvalue weighted by atomic mass is 127. The lowest BCUT2D eigenvalue weighted by molar-refractivity contribution is 0.530. The number of nitrogens with zero attached hydrogens (tertiary/aromatic N) is 2. The summed E-state index contributed by atoms with van der Waals surface area (Å²) in [7, 11) is 0. The molecule has 1 aliphatic carbocycles. The topological polar surface area (TPSA) is 63.3 Å². The van der Waals surface area contributed by atoms with Gasteiger partial charge in [-0.3, -0.25) is 0 Å². The van der Waals surface area contributed by atoms with E-state index in [0.29, 0.717) is 18.5 Å². The largest absolute Gasteiger partial charge is 0.370 e. The van der Waals surface area contributed by atoms with Crippen LogP contribution in [-0.2, 0) is 6.54 Å². The highest BCUT2D eigenvalue weighted by Gasteiger charge is 2.13. The normalized spacial score (nSPS) is 16.1. The molecule has 0 saturated heterocycles. The zero-order chi connectivity index (χ0) is 16.8. The third kappa shape index (κ3) is 5.95. The molecular weight excluding hydrogens is 443 g/mol. The van der Waals surface area contributed by atoms with Gasteiger partial charge in [-0.15, -0.1) is 35.3 Å². The molecule has 0 radical (unpaired) electrons. The molecule has 0 aliphatic heterocycles. The molecule has 1 fully saturated rings. The number of thiazole rings is 1. The van der Waals surface area contributed by atoms with Crippen LogP contribution in [0.2, 0.25) is 0 Å². The third-order valence-electron chi connectivity index (χ3n) is 4.51. The molecular formula is C19H27IN4S. The van der Waals surface area contributed by atoms with Crippen molar-refractivity contribution in [1.82, 2.24) is 10.3 Å². The maximum Gasteiger partial charge on any atom is 0.189 e. The fraction of sp³-hybridized carbons (Fsp3) is 0.474. The fourth-order valence-corrected chi connectivity index (χ4v) is 4.11. The van der Waals surface area contributed by atoms with E-state index in [9.17, 15) is 0 Å². The van der Waals surface area contributed by atoms with Crippen molar-refractivity contribution in [3.63, 3.8) is 0 Å². The van der Waals surface area contributed by atoms with Crippen molar-refractivity contribution < 1.29 is 0 Å². The van der Waals surface area contributed by atoms with Crippen LogP contribution >= 0.6 is 35.3 Å². The van der Waals surface area contributed by atoms with Gasteiger partial charge in [0.15, 0.2) is 5.96 Å². The first-order chi connectivity index (χ1) is 11.7. The van der Waals surface area contributed by atoms with Crippen molar-refractivity contribution in [3.05, 3.63) is 40.9 Å². The molecule has 0 amide bonds. The van der Waals surface area contributed by atoms with Crippen molar-refractivity contribution in [2.24, 2.45) is 10.7 Å². The van der Waals surface area contributed by atoms with Gasteiger partial charge in [-0.25, -0.2) is 9.98 Å². The Balaban J connectivity index is 0.00000225. The van der Waals surface area contributed by atoms with Crippen LogP contribution in [0.1, 0.15) is 49.1 Å². The van der Waals surface area contributed by atoms with E-state index in [1.165, 1.54) is 43.4 Å². The lowest BCUT2D eigenvalue weighted by atomic mass is 10.1. The van der Waals surface area contributed by atoms with E-state index in [-0.39, 0.29) is 24.0 Å². The molecule has 0 spiro atoms. The van der Waals surface area contributed by atoms with E-state index in [1.807, 2.05) is 25.1 Å². The van der Waals surface area contributed by atoms with E-state index in [0.717, 1.165) is 16.3 Å². The predicted molar refractivity (Wildman–Crippen MR) is 118 cm³/mol. The molecule has 25 heavy (non-hydrogen) atoms. The zero-order valence-electron chi connectivity index (χ0n) is 14.7. The minimum absolute atomic E-state index is 0. The second-order valence-electron chi connectivity index (χ2n) is 6.43. The number of benzene rings is 1. The summed E-state index contributed by atoms with van der Waals surface area (Å²) >= 11 is 1.70. The predicted octanol–water partition coefficient (Wildman–Crippen LogP) is 4.86. The molecule has 2 aromatic rings. The summed E-state index contributed by atoms with van der Waals surface area (Å²) < 4.78 is 0. The summed E-state index contributed by atoms with van der Waals surface area (Å²) in [5.74, 6) is 0.566. The van der Waals surface area contributed by atoms with Crippen LogP contribution in [-0.4, -0.2) is 17.0 Å². The number of aromatic nitrogens is 1. The molecule has 1 aromatic heterocycles. The summed E-state index contributed by atoms with van der Waals surface area (Å²) in [4.78, 5) is 10.4. The number of guanidine groups is 1. The molecule has 1 aliphatic rings. The van der Waals surface area contributed by atoms with E-state index in [4.69, 9.17) is 5.73 Å². The number of rotatable bonds is 4. The Labute approximate surface area is 171 Å². The second-order valence-corrected chi connectivity index (χ2v) is 7.51. The highest BCUT2D eigenvalue weighted by molar-refractivity contribution is 14.0. The Hall–Kier alpha value is -1.15. The second kappa shape index (κ2) is 10.1. The third-order valence-corrected chi connectivity index (χ3v) is 5.70. The van der Waals surface area contributed by atoms with E-state index in [2.05, 4.69) is 27.4 Å². The van der Waals surface area contributed by atoms with Gasteiger partial charge in [0.25, 0.3) is 0 Å². The number of nitrogens with two attached hydrogens (primary N) is 1. The molecule has 1 aromatic carbocycles. The van der Waals surface area contributed by atoms with Gasteiger partial charge in [0.05, 0.1) is 12.2 Å². The van der Waals surface area contributed by atoms with Gasteiger partial charge in [0.1, 0.15) is 5.01 Å². The Morgan fingerprint density at radius 2 is 1.88 bits per heavy atom. The fourth-order valence-electron chi connectivity index (χ4n) is 3.11. The first kappa shape index (κ1) is 20.2. The monoisotopic (exact) mass is 470 g/mol. The Kier molecular flexibility index (Phi) is 8.15. The van der Waals surface area contributed by atoms with Gasteiger partial charge in [-0.05, 0) is 19.8 Å². The molecule has 4 nitrogen and oxygen atoms in total. The van der Waals surface area contributed by atoms with E-state index >= 15 is 0 Å². The quantitative estimate of drug-likeness (QED) is 0.290. The number of nitrogens with one attached hydrogen (secondary N) is 1. The van der Waals surface area contributed by atoms with Crippen LogP contribution in [0.3, 0.4) is 0 Å². The summed E-state index contributed by atoms with van der Waals surface area (Å²) in [5.41, 5.74) is 8.30. The van der Waals surface area contributed by atoms with Crippen LogP contribution < -0.4 is 11.1 Å². The van der Waals surface area contributed by atoms with Gasteiger partial charge >= 0.3 is 0 Å². The Morgan fingerprint density at radius 1 is 1.20 bits per heavy atom. The molecule has 3 N–H and O–H groups in total. The lowest BCUT2D eigenvalue weighted by Gasteiger charge is -2.16. The summed E-state index contributed by atoms with van der Waals surface area (Å²) in [6.07, 6.45) is 7.68. The number of halogens is 1. The molecule has 136 valence electrons. The number of hydrogen-bond donors (Lipinski definition) is 2. The highest BCUT2D eigenvalue weighted by Crippen LogP contribution is 2.28. The molecule has 1 saturated carbocycles. The summed E-state index contributed by atoms with van der Waals surface area (Å²) in [6, 6.07) is 10.8. The van der Waals surface area contributed by atoms with Crippen LogP contribution in [0.4, 0.5) is 0 Å². The first-order valence-electron chi connectivity index (χ1n) is 8.80. The maximum absolute atomic E-state index is 6.09. The van der Waals surface area contributed by atoms with Crippen LogP contribution in [0.5, 0.6) is 0 Å². The van der Waals surface area contributed by atoms with Gasteiger partial charge < -0.3 is 11.1 Å². The average Bonchev–Trinajstić information content (AvgIpc) is 2.79. The number of aryl methyl sites for hydroxylation is 1. The Bertz CT molecular complexity index is 676. The van der Waals surface area contributed by atoms with Gasteiger partial charge in [0.2, 0.25) is 0 Å². The van der Waals surface area contributed by atoms with Gasteiger partial charge in [-0.2, -0.15) is 0 Å². The molecule has 0 bridgehead atoms. The average molecular weight is 470 g/mol. The van der Waals surface area contributed by atoms with Crippen LogP contribution in [0, 0.1) is 6.92 Å². The maximum atomic E-state index is 6.09. The smallest absolute Gasteiger partial charge is 0.189 e. The van der Waals surface area contributed by atoms with Crippen LogP contribution in [0.25, 0.3) is 10.6 Å². The minimum atomic E-state index is 0. The lowest BCUT2D eigenvalue weighted by Crippen LogP contribution is -2.39. The zero-order valence-corrected chi connectivity index (χ0v) is 17.8. The van der Waals surface area contributed by atoms with Crippen LogP contribution in [0.15, 0.2) is 35.3 Å². The Morgan fingerprint density at radius 3 is 2.56 bits per heavy atom. The van der Waals surface area contributed by atoms with Crippen molar-refractivity contribution in [2.45, 2.75) is 58.0 Å². The van der Waals surface area contributed by atoms with Gasteiger partial charge in [-0.1, -0.05) is 56.0 Å². The van der Waals surface area contributed by atoms with E-state index in [1.54, 1.807) is 11.3 Å². The number of hydrogen-bond acceptors (Lipinski definition) is 3. The van der Waals surface area contributed by atoms with Crippen molar-refractivity contribution >= 4 is 41.3 Å². The standard InChI is InChI=1S/C19H26N4S.HI/c1-14-17(24-18(22-14)15-9-5-4-6-10-15)13-21-19(20)23-16-11-7-2-3-8-12-16;/h4-6,9-10,16H,2-3,7-8,11-13H2,1H3,(H3,20,21,23);1H. The first-order valence-corrected chi connectivity index (χ1v) is 9.62. The molecule has 6 heteroatoms. The van der Waals surface area contributed by atoms with Crippen molar-refractivity contribution in [3.8, 4) is 10.6 Å². The molecule has 0 atom stereocenters. The molecule has 1 heterocycles. The van der Waals surface area contributed by atoms with E-state index < -0.39 is 0 Å². The number of aliphatic imine (C=N–C) groups is 1. The van der Waals surface area contributed by atoms with Crippen molar-refractivity contribution in [2.75, 3.05) is 0 Å². The SMILES string of the molecule is Cc1nc(-c2ccccc2)sc1CN=C(N)NC1CCCCCC1.I. The van der Waals surface area contributed by atoms with Gasteiger partial charge in [0, 0.05) is 16.5 Å². The molecule has 3 rings (SSSR count).